The molecule has 4 aromatic rings. The summed E-state index contributed by atoms with van der Waals surface area (Å²) in [5.74, 6) is 1.05. The first-order valence-electron chi connectivity index (χ1n) is 12.8. The first-order valence-corrected chi connectivity index (χ1v) is 12.8. The minimum atomic E-state index is -0.0691. The van der Waals surface area contributed by atoms with E-state index in [1.54, 1.807) is 29.8 Å². The second-order valence-corrected chi connectivity index (χ2v) is 9.74. The fraction of sp³-hybridized carbons (Fsp3) is 0.310. The monoisotopic (exact) mass is 511 g/mol. The van der Waals surface area contributed by atoms with Gasteiger partial charge in [-0.05, 0) is 62.7 Å². The molecule has 0 unspecified atom stereocenters. The Balaban J connectivity index is 1.40. The molecule has 0 radical (unpaired) electrons. The van der Waals surface area contributed by atoms with Gasteiger partial charge in [0, 0.05) is 37.0 Å². The van der Waals surface area contributed by atoms with Crippen LogP contribution in [-0.2, 0) is 4.79 Å². The average molecular weight is 512 g/mol. The summed E-state index contributed by atoms with van der Waals surface area (Å²) in [6.45, 7) is 2.76. The van der Waals surface area contributed by atoms with Gasteiger partial charge in [0.2, 0.25) is 5.91 Å². The minimum absolute atomic E-state index is 0.0691. The molecule has 38 heavy (non-hydrogen) atoms. The van der Waals surface area contributed by atoms with E-state index in [0.717, 1.165) is 34.8 Å². The Morgan fingerprint density at radius 3 is 2.61 bits per heavy atom. The quantitative estimate of drug-likeness (QED) is 0.350. The number of benzene rings is 2. The van der Waals surface area contributed by atoms with Gasteiger partial charge in [0.05, 0.1) is 18.2 Å². The van der Waals surface area contributed by atoms with Crippen LogP contribution in [0.1, 0.15) is 24.8 Å². The minimum Gasteiger partial charge on any atom is -0.496 e. The van der Waals surface area contributed by atoms with Crippen LogP contribution in [0.25, 0.3) is 28.0 Å². The zero-order valence-electron chi connectivity index (χ0n) is 22.3. The summed E-state index contributed by atoms with van der Waals surface area (Å²) >= 11 is 0. The number of nitrogen functional groups attached to an aromatic ring is 1. The molecule has 2 N–H and O–H groups in total. The average Bonchev–Trinajstić information content (AvgIpc) is 3.28. The molecule has 0 atom stereocenters. The van der Waals surface area contributed by atoms with Gasteiger partial charge in [-0.25, -0.2) is 14.6 Å². The summed E-state index contributed by atoms with van der Waals surface area (Å²) in [6.07, 6.45) is 8.81. The highest BCUT2D eigenvalue weighted by Crippen LogP contribution is 2.34. The van der Waals surface area contributed by atoms with Gasteiger partial charge >= 0.3 is 0 Å². The Hall–Kier alpha value is -4.24. The Morgan fingerprint density at radius 1 is 1.16 bits per heavy atom. The van der Waals surface area contributed by atoms with Crippen LogP contribution in [0.4, 0.5) is 11.5 Å². The van der Waals surface area contributed by atoms with Gasteiger partial charge in [0.15, 0.2) is 5.65 Å². The van der Waals surface area contributed by atoms with E-state index in [-0.39, 0.29) is 5.91 Å². The van der Waals surface area contributed by atoms with Crippen LogP contribution in [-0.4, -0.2) is 64.3 Å². The lowest BCUT2D eigenvalue weighted by Crippen LogP contribution is -2.37. The first-order chi connectivity index (χ1) is 18.4. The zero-order valence-corrected chi connectivity index (χ0v) is 22.3. The predicted octanol–water partition coefficient (Wildman–Crippen LogP) is 4.39. The summed E-state index contributed by atoms with van der Waals surface area (Å²) in [5.41, 5.74) is 11.0. The van der Waals surface area contributed by atoms with Crippen LogP contribution in [0.2, 0.25) is 0 Å². The van der Waals surface area contributed by atoms with Crippen molar-refractivity contribution in [2.45, 2.75) is 32.2 Å². The smallest absolute Gasteiger partial charge is 0.250 e. The van der Waals surface area contributed by atoms with Crippen molar-refractivity contribution in [1.29, 1.82) is 0 Å². The molecule has 0 bridgehead atoms. The van der Waals surface area contributed by atoms with Gasteiger partial charge in [0.25, 0.3) is 0 Å². The number of aryl methyl sites for hydroxylation is 1. The van der Waals surface area contributed by atoms with Gasteiger partial charge < -0.3 is 15.4 Å². The van der Waals surface area contributed by atoms with E-state index < -0.39 is 0 Å². The van der Waals surface area contributed by atoms with Crippen molar-refractivity contribution in [2.75, 3.05) is 38.4 Å². The lowest BCUT2D eigenvalue weighted by molar-refractivity contribution is -0.113. The molecule has 2 aromatic carbocycles. The number of nitrogens with two attached hydrogens (primary N) is 1. The van der Waals surface area contributed by atoms with Crippen LogP contribution < -0.4 is 15.4 Å². The molecule has 9 nitrogen and oxygen atoms in total. The molecule has 9 heteroatoms. The SMILES string of the molecule is COc1cc(-c2nn(-c3ccc(N(C)C(=O)/C=C/CN(C)C4CCC4)cc3)c3ncnc(N)c23)ccc1C. The first kappa shape index (κ1) is 25.4. The molecule has 2 aromatic heterocycles. The molecule has 1 amide bonds. The Morgan fingerprint density at radius 2 is 1.92 bits per heavy atom. The van der Waals surface area contributed by atoms with Gasteiger partial charge in [-0.1, -0.05) is 24.6 Å². The molecular formula is C29H33N7O2. The van der Waals surface area contributed by atoms with Crippen LogP contribution in [0.15, 0.2) is 60.9 Å². The summed E-state index contributed by atoms with van der Waals surface area (Å²) in [6, 6.07) is 14.2. The zero-order chi connectivity index (χ0) is 26.8. The van der Waals surface area contributed by atoms with E-state index in [1.807, 2.05) is 55.5 Å². The fourth-order valence-corrected chi connectivity index (χ4v) is 4.68. The van der Waals surface area contributed by atoms with E-state index in [4.69, 9.17) is 15.6 Å². The predicted molar refractivity (Wildman–Crippen MR) is 151 cm³/mol. The van der Waals surface area contributed by atoms with Crippen LogP contribution >= 0.6 is 0 Å². The number of anilines is 2. The molecule has 2 heterocycles. The van der Waals surface area contributed by atoms with E-state index in [1.165, 1.54) is 25.6 Å². The molecule has 1 aliphatic carbocycles. The Labute approximate surface area is 222 Å². The maximum absolute atomic E-state index is 12.7. The third-order valence-electron chi connectivity index (χ3n) is 7.34. The highest BCUT2D eigenvalue weighted by molar-refractivity contribution is 6.01. The van der Waals surface area contributed by atoms with E-state index >= 15 is 0 Å². The number of carbonyl (C=O) groups is 1. The third kappa shape index (κ3) is 4.84. The highest BCUT2D eigenvalue weighted by Gasteiger charge is 2.21. The van der Waals surface area contributed by atoms with Gasteiger partial charge in [-0.3, -0.25) is 9.69 Å². The summed E-state index contributed by atoms with van der Waals surface area (Å²) in [7, 11) is 5.53. The molecule has 0 saturated heterocycles. The van der Waals surface area contributed by atoms with Crippen molar-refractivity contribution >= 4 is 28.4 Å². The fourth-order valence-electron chi connectivity index (χ4n) is 4.68. The molecule has 0 spiro atoms. The maximum Gasteiger partial charge on any atom is 0.250 e. The lowest BCUT2D eigenvalue weighted by Gasteiger charge is -2.33. The van der Waals surface area contributed by atoms with Crippen LogP contribution in [0.5, 0.6) is 5.75 Å². The molecule has 1 aliphatic rings. The number of hydrogen-bond acceptors (Lipinski definition) is 7. The number of hydrogen-bond donors (Lipinski definition) is 1. The third-order valence-corrected chi connectivity index (χ3v) is 7.34. The van der Waals surface area contributed by atoms with Gasteiger partial charge in [-0.2, -0.15) is 5.10 Å². The molecular weight excluding hydrogens is 478 g/mol. The normalized spacial score (nSPS) is 13.8. The van der Waals surface area contributed by atoms with Crippen molar-refractivity contribution in [3.05, 3.63) is 66.5 Å². The summed E-state index contributed by atoms with van der Waals surface area (Å²) in [4.78, 5) is 25.4. The molecule has 0 aliphatic heterocycles. The Kier molecular flexibility index (Phi) is 7.11. The number of rotatable bonds is 8. The van der Waals surface area contributed by atoms with E-state index in [9.17, 15) is 4.79 Å². The second-order valence-electron chi connectivity index (χ2n) is 9.74. The number of amides is 1. The van der Waals surface area contributed by atoms with Crippen molar-refractivity contribution < 1.29 is 9.53 Å². The number of methoxy groups -OCH3 is 1. The molecule has 1 saturated carbocycles. The van der Waals surface area contributed by atoms with E-state index in [2.05, 4.69) is 21.9 Å². The van der Waals surface area contributed by atoms with Gasteiger partial charge in [0.1, 0.15) is 23.6 Å². The molecule has 5 rings (SSSR count). The highest BCUT2D eigenvalue weighted by atomic mass is 16.5. The standard InChI is InChI=1S/C29H33N7O2/c1-19-10-11-20(17-24(19)38-4)27-26-28(30)31-18-32-29(26)36(33-27)23-14-12-22(13-15-23)35(3)25(37)9-6-16-34(2)21-7-5-8-21/h6,9-15,17-18,21H,5,7-8,16H2,1-4H3,(H2,30,31,32)/b9-6+. The number of carbonyl (C=O) groups excluding carboxylic acids is 1. The summed E-state index contributed by atoms with van der Waals surface area (Å²) in [5, 5.41) is 5.54. The van der Waals surface area contributed by atoms with Gasteiger partial charge in [-0.15, -0.1) is 0 Å². The molecule has 1 fully saturated rings. The van der Waals surface area contributed by atoms with Crippen molar-refractivity contribution in [1.82, 2.24) is 24.6 Å². The number of fused-ring (bicyclic) bond motifs is 1. The number of nitrogens with zero attached hydrogens (tertiary/aromatic N) is 6. The maximum atomic E-state index is 12.7. The lowest BCUT2D eigenvalue weighted by atomic mass is 9.92. The van der Waals surface area contributed by atoms with Crippen molar-refractivity contribution in [2.24, 2.45) is 0 Å². The van der Waals surface area contributed by atoms with E-state index in [0.29, 0.717) is 28.6 Å². The number of aromatic nitrogens is 4. The van der Waals surface area contributed by atoms with Crippen molar-refractivity contribution in [3.63, 3.8) is 0 Å². The topological polar surface area (TPSA) is 102 Å². The summed E-state index contributed by atoms with van der Waals surface area (Å²) < 4.78 is 7.26. The number of ether oxygens (including phenoxy) is 1. The van der Waals surface area contributed by atoms with Crippen molar-refractivity contribution in [3.8, 4) is 22.7 Å². The van der Waals surface area contributed by atoms with Crippen LogP contribution in [0.3, 0.4) is 0 Å². The largest absolute Gasteiger partial charge is 0.496 e. The molecule has 196 valence electrons. The number of likely N-dealkylation sites (N-methyl/N-ethyl adjacent to an activating group) is 2. The second kappa shape index (κ2) is 10.6. The van der Waals surface area contributed by atoms with Crippen LogP contribution in [0, 0.1) is 6.92 Å². The Bertz CT molecular complexity index is 1490.